The molecule has 1 aromatic rings. The van der Waals surface area contributed by atoms with Gasteiger partial charge < -0.3 is 9.64 Å². The van der Waals surface area contributed by atoms with Gasteiger partial charge in [-0.1, -0.05) is 6.92 Å². The molecule has 0 spiro atoms. The monoisotopic (exact) mass is 232 g/mol. The van der Waals surface area contributed by atoms with Crippen molar-refractivity contribution < 1.29 is 4.74 Å². The van der Waals surface area contributed by atoms with Gasteiger partial charge in [0.2, 0.25) is 11.8 Å². The minimum Gasteiger partial charge on any atom is -0.462 e. The van der Waals surface area contributed by atoms with E-state index in [2.05, 4.69) is 14.9 Å². The molecule has 0 aromatic carbocycles. The van der Waals surface area contributed by atoms with Gasteiger partial charge in [0.15, 0.2) is 6.61 Å². The smallest absolute Gasteiger partial charge is 0.228 e. The topological polar surface area (TPSA) is 62.0 Å². The van der Waals surface area contributed by atoms with Crippen molar-refractivity contribution in [1.82, 2.24) is 9.97 Å². The minimum atomic E-state index is 0.0274. The molecule has 2 rings (SSSR count). The SMILES string of the molecule is CCc1cc(OCC#N)nc(N2CCCC2)n1. The molecule has 1 aliphatic heterocycles. The van der Waals surface area contributed by atoms with E-state index >= 15 is 0 Å². The molecule has 1 aromatic heterocycles. The Morgan fingerprint density at radius 1 is 1.41 bits per heavy atom. The average molecular weight is 232 g/mol. The van der Waals surface area contributed by atoms with Gasteiger partial charge in [0, 0.05) is 24.8 Å². The molecule has 0 atom stereocenters. The average Bonchev–Trinajstić information content (AvgIpc) is 2.89. The van der Waals surface area contributed by atoms with Crippen LogP contribution in [0.5, 0.6) is 5.88 Å². The molecular formula is C12H16N4O. The molecule has 1 aliphatic rings. The van der Waals surface area contributed by atoms with Gasteiger partial charge in [-0.3, -0.25) is 0 Å². The van der Waals surface area contributed by atoms with Gasteiger partial charge in [-0.15, -0.1) is 0 Å². The zero-order valence-electron chi connectivity index (χ0n) is 10.0. The van der Waals surface area contributed by atoms with Crippen molar-refractivity contribution >= 4 is 5.95 Å². The maximum absolute atomic E-state index is 8.51. The predicted octanol–water partition coefficient (Wildman–Crippen LogP) is 1.54. The summed E-state index contributed by atoms with van der Waals surface area (Å²) in [6, 6.07) is 3.75. The van der Waals surface area contributed by atoms with Crippen LogP contribution in [0.2, 0.25) is 0 Å². The Hall–Kier alpha value is -1.83. The van der Waals surface area contributed by atoms with Gasteiger partial charge in [-0.25, -0.2) is 4.98 Å². The maximum atomic E-state index is 8.51. The van der Waals surface area contributed by atoms with Crippen molar-refractivity contribution in [3.63, 3.8) is 0 Å². The molecule has 0 aliphatic carbocycles. The number of hydrogen-bond donors (Lipinski definition) is 0. The molecule has 2 heterocycles. The van der Waals surface area contributed by atoms with E-state index in [4.69, 9.17) is 10.00 Å². The number of ether oxygens (including phenoxy) is 1. The number of aromatic nitrogens is 2. The summed E-state index contributed by atoms with van der Waals surface area (Å²) in [7, 11) is 0. The van der Waals surface area contributed by atoms with Crippen LogP contribution in [0.25, 0.3) is 0 Å². The third-order valence-electron chi connectivity index (χ3n) is 2.78. The number of rotatable bonds is 4. The van der Waals surface area contributed by atoms with Gasteiger partial charge in [0.25, 0.3) is 0 Å². The number of nitrogens with zero attached hydrogens (tertiary/aromatic N) is 4. The molecule has 1 saturated heterocycles. The van der Waals surface area contributed by atoms with Crippen LogP contribution in [0.4, 0.5) is 5.95 Å². The van der Waals surface area contributed by atoms with Crippen LogP contribution < -0.4 is 9.64 Å². The zero-order chi connectivity index (χ0) is 12.1. The highest BCUT2D eigenvalue weighted by molar-refractivity contribution is 5.35. The van der Waals surface area contributed by atoms with Gasteiger partial charge in [-0.05, 0) is 19.3 Å². The lowest BCUT2D eigenvalue weighted by Gasteiger charge is -2.16. The molecule has 5 heteroatoms. The van der Waals surface area contributed by atoms with Crippen LogP contribution in [0, 0.1) is 11.3 Å². The maximum Gasteiger partial charge on any atom is 0.228 e. The summed E-state index contributed by atoms with van der Waals surface area (Å²) in [5.74, 6) is 1.23. The Kier molecular flexibility index (Phi) is 3.76. The van der Waals surface area contributed by atoms with E-state index in [9.17, 15) is 0 Å². The van der Waals surface area contributed by atoms with E-state index in [0.717, 1.165) is 31.2 Å². The van der Waals surface area contributed by atoms with Crippen molar-refractivity contribution in [1.29, 1.82) is 5.26 Å². The van der Waals surface area contributed by atoms with Gasteiger partial charge in [0.05, 0.1) is 0 Å². The van der Waals surface area contributed by atoms with Crippen LogP contribution in [0.1, 0.15) is 25.5 Å². The van der Waals surface area contributed by atoms with Crippen LogP contribution in [0.3, 0.4) is 0 Å². The van der Waals surface area contributed by atoms with E-state index in [1.165, 1.54) is 12.8 Å². The first kappa shape index (κ1) is 11.6. The van der Waals surface area contributed by atoms with Crippen LogP contribution >= 0.6 is 0 Å². The second kappa shape index (κ2) is 5.48. The predicted molar refractivity (Wildman–Crippen MR) is 64.0 cm³/mol. The lowest BCUT2D eigenvalue weighted by Crippen LogP contribution is -2.21. The Morgan fingerprint density at radius 3 is 2.82 bits per heavy atom. The van der Waals surface area contributed by atoms with E-state index in [1.54, 1.807) is 6.07 Å². The van der Waals surface area contributed by atoms with Crippen LogP contribution in [-0.2, 0) is 6.42 Å². The lowest BCUT2D eigenvalue weighted by atomic mass is 10.3. The first-order chi connectivity index (χ1) is 8.33. The Labute approximate surface area is 101 Å². The zero-order valence-corrected chi connectivity index (χ0v) is 10.0. The molecule has 0 radical (unpaired) electrons. The molecule has 0 bridgehead atoms. The summed E-state index contributed by atoms with van der Waals surface area (Å²) in [6.07, 6.45) is 3.22. The third-order valence-corrected chi connectivity index (χ3v) is 2.78. The summed E-state index contributed by atoms with van der Waals surface area (Å²) in [6.45, 7) is 4.08. The molecule has 17 heavy (non-hydrogen) atoms. The molecular weight excluding hydrogens is 216 g/mol. The lowest BCUT2D eigenvalue weighted by molar-refractivity contribution is 0.352. The first-order valence-corrected chi connectivity index (χ1v) is 5.96. The van der Waals surface area contributed by atoms with Crippen molar-refractivity contribution in [2.75, 3.05) is 24.6 Å². The highest BCUT2D eigenvalue weighted by atomic mass is 16.5. The van der Waals surface area contributed by atoms with Crippen molar-refractivity contribution in [2.24, 2.45) is 0 Å². The van der Waals surface area contributed by atoms with E-state index in [-0.39, 0.29) is 6.61 Å². The Morgan fingerprint density at radius 2 is 2.18 bits per heavy atom. The van der Waals surface area contributed by atoms with Gasteiger partial charge in [-0.2, -0.15) is 10.2 Å². The largest absolute Gasteiger partial charge is 0.462 e. The van der Waals surface area contributed by atoms with Crippen LogP contribution in [0.15, 0.2) is 6.07 Å². The number of nitriles is 1. The second-order valence-corrected chi connectivity index (χ2v) is 3.99. The second-order valence-electron chi connectivity index (χ2n) is 3.99. The number of anilines is 1. The quantitative estimate of drug-likeness (QED) is 0.788. The minimum absolute atomic E-state index is 0.0274. The highest BCUT2D eigenvalue weighted by Gasteiger charge is 2.16. The first-order valence-electron chi connectivity index (χ1n) is 5.96. The standard InChI is InChI=1S/C12H16N4O/c1-2-10-9-11(17-8-5-13)15-12(14-10)16-6-3-4-7-16/h9H,2-4,6-8H2,1H3. The fourth-order valence-electron chi connectivity index (χ4n) is 1.88. The number of aryl methyl sites for hydroxylation is 1. The summed E-state index contributed by atoms with van der Waals surface area (Å²) < 4.78 is 5.26. The van der Waals surface area contributed by atoms with E-state index in [0.29, 0.717) is 5.88 Å². The molecule has 0 unspecified atom stereocenters. The molecule has 0 saturated carbocycles. The highest BCUT2D eigenvalue weighted by Crippen LogP contribution is 2.20. The molecule has 0 N–H and O–H groups in total. The summed E-state index contributed by atoms with van der Waals surface area (Å²) in [5.41, 5.74) is 0.954. The fraction of sp³-hybridized carbons (Fsp3) is 0.583. The summed E-state index contributed by atoms with van der Waals surface area (Å²) in [5, 5.41) is 8.51. The normalized spacial score (nSPS) is 14.7. The van der Waals surface area contributed by atoms with E-state index in [1.807, 2.05) is 13.0 Å². The molecule has 1 fully saturated rings. The summed E-state index contributed by atoms with van der Waals surface area (Å²) in [4.78, 5) is 11.0. The Balaban J connectivity index is 2.21. The van der Waals surface area contributed by atoms with Gasteiger partial charge in [0.1, 0.15) is 6.07 Å². The van der Waals surface area contributed by atoms with Gasteiger partial charge >= 0.3 is 0 Å². The molecule has 0 amide bonds. The molecule has 90 valence electrons. The van der Waals surface area contributed by atoms with Crippen molar-refractivity contribution in [3.8, 4) is 11.9 Å². The van der Waals surface area contributed by atoms with Crippen molar-refractivity contribution in [3.05, 3.63) is 11.8 Å². The van der Waals surface area contributed by atoms with Crippen LogP contribution in [-0.4, -0.2) is 29.7 Å². The molecule has 5 nitrogen and oxygen atoms in total. The fourth-order valence-corrected chi connectivity index (χ4v) is 1.88. The van der Waals surface area contributed by atoms with Crippen molar-refractivity contribution in [2.45, 2.75) is 26.2 Å². The third kappa shape index (κ3) is 2.84. The van der Waals surface area contributed by atoms with E-state index < -0.39 is 0 Å². The number of hydrogen-bond acceptors (Lipinski definition) is 5. The Bertz CT molecular complexity index is 421. The summed E-state index contributed by atoms with van der Waals surface area (Å²) >= 11 is 0.